The highest BCUT2D eigenvalue weighted by atomic mass is 79.9. The number of carbonyl (C=O) groups is 1. The van der Waals surface area contributed by atoms with Gasteiger partial charge >= 0.3 is 0 Å². The van der Waals surface area contributed by atoms with Crippen LogP contribution in [-0.2, 0) is 21.4 Å². The van der Waals surface area contributed by atoms with E-state index in [1.54, 1.807) is 11.3 Å². The van der Waals surface area contributed by atoms with Gasteiger partial charge in [0.25, 0.3) is 0 Å². The molecule has 0 radical (unpaired) electrons. The zero-order chi connectivity index (χ0) is 16.8. The summed E-state index contributed by atoms with van der Waals surface area (Å²) in [7, 11) is 0. The molecular weight excluding hydrogens is 386 g/mol. The molecule has 0 saturated carbocycles. The lowest BCUT2D eigenvalue weighted by Gasteiger charge is -2.36. The van der Waals surface area contributed by atoms with Crippen molar-refractivity contribution in [2.45, 2.75) is 31.1 Å². The molecule has 0 bridgehead atoms. The van der Waals surface area contributed by atoms with Crippen molar-refractivity contribution in [3.8, 4) is 0 Å². The van der Waals surface area contributed by atoms with Gasteiger partial charge < -0.3 is 10.1 Å². The molecule has 1 amide bonds. The van der Waals surface area contributed by atoms with Gasteiger partial charge in [0.1, 0.15) is 0 Å². The van der Waals surface area contributed by atoms with Crippen molar-refractivity contribution in [3.05, 3.63) is 56.7 Å². The van der Waals surface area contributed by atoms with Crippen LogP contribution in [0.1, 0.15) is 29.7 Å². The Hall–Kier alpha value is -1.17. The molecule has 1 aliphatic heterocycles. The Morgan fingerprint density at radius 3 is 2.71 bits per heavy atom. The van der Waals surface area contributed by atoms with Gasteiger partial charge in [-0.15, -0.1) is 11.3 Å². The van der Waals surface area contributed by atoms with Gasteiger partial charge in [-0.2, -0.15) is 0 Å². The van der Waals surface area contributed by atoms with Crippen LogP contribution in [0.4, 0.5) is 0 Å². The molecule has 128 valence electrons. The number of aryl methyl sites for hydroxylation is 1. The van der Waals surface area contributed by atoms with Crippen LogP contribution >= 0.6 is 27.3 Å². The first-order valence-corrected chi connectivity index (χ1v) is 9.99. The second-order valence-electron chi connectivity index (χ2n) is 6.24. The van der Waals surface area contributed by atoms with Gasteiger partial charge in [0.05, 0.1) is 0 Å². The molecule has 1 aliphatic rings. The lowest BCUT2D eigenvalue weighted by Crippen LogP contribution is -2.44. The highest BCUT2D eigenvalue weighted by Gasteiger charge is 2.35. The number of nitrogens with one attached hydrogen (secondary N) is 1. The van der Waals surface area contributed by atoms with Gasteiger partial charge in [0.2, 0.25) is 5.91 Å². The molecule has 2 heterocycles. The third-order valence-corrected chi connectivity index (χ3v) is 6.59. The van der Waals surface area contributed by atoms with E-state index < -0.39 is 0 Å². The molecule has 1 saturated heterocycles. The van der Waals surface area contributed by atoms with Crippen LogP contribution in [0.25, 0.3) is 0 Å². The molecule has 1 N–H and O–H groups in total. The molecule has 3 nitrogen and oxygen atoms in total. The van der Waals surface area contributed by atoms with Crippen molar-refractivity contribution in [2.24, 2.45) is 0 Å². The minimum Gasteiger partial charge on any atom is -0.381 e. The van der Waals surface area contributed by atoms with E-state index in [0.29, 0.717) is 13.0 Å². The van der Waals surface area contributed by atoms with Crippen LogP contribution in [-0.4, -0.2) is 25.7 Å². The van der Waals surface area contributed by atoms with E-state index in [-0.39, 0.29) is 11.3 Å². The topological polar surface area (TPSA) is 38.3 Å². The Kier molecular flexibility index (Phi) is 6.09. The van der Waals surface area contributed by atoms with Crippen molar-refractivity contribution in [2.75, 3.05) is 19.8 Å². The summed E-state index contributed by atoms with van der Waals surface area (Å²) in [5.74, 6) is 0.119. The van der Waals surface area contributed by atoms with Crippen LogP contribution in [0, 0.1) is 0 Å². The summed E-state index contributed by atoms with van der Waals surface area (Å²) >= 11 is 5.32. The number of halogens is 1. The molecule has 1 aromatic heterocycles. The molecule has 5 heteroatoms. The summed E-state index contributed by atoms with van der Waals surface area (Å²) in [5.41, 5.74) is 1.21. The largest absolute Gasteiger partial charge is 0.381 e. The Morgan fingerprint density at radius 2 is 2.00 bits per heavy atom. The first-order valence-electron chi connectivity index (χ1n) is 8.31. The van der Waals surface area contributed by atoms with Crippen molar-refractivity contribution in [1.29, 1.82) is 0 Å². The molecular formula is C19H22BrNO2S. The third kappa shape index (κ3) is 4.26. The lowest BCUT2D eigenvalue weighted by molar-refractivity contribution is -0.121. The quantitative estimate of drug-likeness (QED) is 0.774. The van der Waals surface area contributed by atoms with Crippen molar-refractivity contribution in [3.63, 3.8) is 0 Å². The number of carbonyl (C=O) groups excluding carboxylic acids is 1. The SMILES string of the molecule is O=C(CCc1ccccc1Br)NCC1(c2cccs2)CCOCC1. The molecule has 0 atom stereocenters. The number of amides is 1. The number of ether oxygens (including phenoxy) is 1. The van der Waals surface area contributed by atoms with Crippen LogP contribution in [0.2, 0.25) is 0 Å². The van der Waals surface area contributed by atoms with Gasteiger partial charge in [-0.1, -0.05) is 40.2 Å². The first kappa shape index (κ1) is 17.6. The number of benzene rings is 1. The Labute approximate surface area is 155 Å². The Balaban J connectivity index is 1.57. The molecule has 24 heavy (non-hydrogen) atoms. The fraction of sp³-hybridized carbons (Fsp3) is 0.421. The van der Waals surface area contributed by atoms with E-state index in [9.17, 15) is 4.79 Å². The standard InChI is InChI=1S/C19H22BrNO2S/c20-16-5-2-1-4-15(16)7-8-18(22)21-14-19(9-11-23-12-10-19)17-6-3-13-24-17/h1-6,13H,7-12,14H2,(H,21,22). The summed E-state index contributed by atoms with van der Waals surface area (Å²) < 4.78 is 6.60. The summed E-state index contributed by atoms with van der Waals surface area (Å²) in [6, 6.07) is 12.3. The van der Waals surface area contributed by atoms with Gasteiger partial charge in [0.15, 0.2) is 0 Å². The summed E-state index contributed by atoms with van der Waals surface area (Å²) in [6.45, 7) is 2.24. The number of hydrogen-bond donors (Lipinski definition) is 1. The summed E-state index contributed by atoms with van der Waals surface area (Å²) in [5, 5.41) is 5.28. The maximum Gasteiger partial charge on any atom is 0.220 e. The fourth-order valence-electron chi connectivity index (χ4n) is 3.16. The maximum atomic E-state index is 12.3. The smallest absolute Gasteiger partial charge is 0.220 e. The molecule has 0 unspecified atom stereocenters. The van der Waals surface area contributed by atoms with Crippen molar-refractivity contribution in [1.82, 2.24) is 5.32 Å². The highest BCUT2D eigenvalue weighted by Crippen LogP contribution is 2.37. The highest BCUT2D eigenvalue weighted by molar-refractivity contribution is 9.10. The van der Waals surface area contributed by atoms with E-state index >= 15 is 0 Å². The van der Waals surface area contributed by atoms with Gasteiger partial charge in [-0.05, 0) is 42.3 Å². The van der Waals surface area contributed by atoms with Crippen molar-refractivity contribution < 1.29 is 9.53 Å². The summed E-state index contributed by atoms with van der Waals surface area (Å²) in [4.78, 5) is 13.7. The van der Waals surface area contributed by atoms with E-state index in [4.69, 9.17) is 4.74 Å². The maximum absolute atomic E-state index is 12.3. The van der Waals surface area contributed by atoms with E-state index in [0.717, 1.165) is 36.9 Å². The summed E-state index contributed by atoms with van der Waals surface area (Å²) in [6.07, 6.45) is 3.21. The predicted octanol–water partition coefficient (Wildman–Crippen LogP) is 4.31. The normalized spacial score (nSPS) is 16.7. The van der Waals surface area contributed by atoms with E-state index in [1.165, 1.54) is 10.4 Å². The Bertz CT molecular complexity index is 666. The molecule has 1 fully saturated rings. The molecule has 0 spiro atoms. The minimum atomic E-state index is 0.0371. The average Bonchev–Trinajstić information content (AvgIpc) is 3.15. The third-order valence-electron chi connectivity index (χ3n) is 4.70. The molecule has 3 rings (SSSR count). The lowest BCUT2D eigenvalue weighted by atomic mass is 9.78. The predicted molar refractivity (Wildman–Crippen MR) is 102 cm³/mol. The van der Waals surface area contributed by atoms with Gasteiger partial charge in [-0.25, -0.2) is 0 Å². The number of rotatable bonds is 6. The van der Waals surface area contributed by atoms with E-state index in [1.807, 2.05) is 18.2 Å². The first-order chi connectivity index (χ1) is 11.7. The second-order valence-corrected chi connectivity index (χ2v) is 8.04. The number of hydrogen-bond acceptors (Lipinski definition) is 3. The van der Waals surface area contributed by atoms with E-state index in [2.05, 4.69) is 44.8 Å². The average molecular weight is 408 g/mol. The van der Waals surface area contributed by atoms with Crippen LogP contribution in [0.5, 0.6) is 0 Å². The van der Waals surface area contributed by atoms with Crippen LogP contribution < -0.4 is 5.32 Å². The monoisotopic (exact) mass is 407 g/mol. The Morgan fingerprint density at radius 1 is 1.21 bits per heavy atom. The zero-order valence-corrected chi connectivity index (χ0v) is 16.0. The van der Waals surface area contributed by atoms with Gasteiger partial charge in [-0.3, -0.25) is 4.79 Å². The molecule has 1 aromatic carbocycles. The zero-order valence-electron chi connectivity index (χ0n) is 13.6. The molecule has 2 aromatic rings. The van der Waals surface area contributed by atoms with Gasteiger partial charge in [0, 0.05) is 40.9 Å². The number of thiophene rings is 1. The van der Waals surface area contributed by atoms with Crippen LogP contribution in [0.3, 0.4) is 0 Å². The van der Waals surface area contributed by atoms with Crippen molar-refractivity contribution >= 4 is 33.2 Å². The minimum absolute atomic E-state index is 0.0371. The van der Waals surface area contributed by atoms with Crippen LogP contribution in [0.15, 0.2) is 46.3 Å². The second kappa shape index (κ2) is 8.28. The fourth-order valence-corrected chi connectivity index (χ4v) is 4.63. The molecule has 0 aliphatic carbocycles.